The van der Waals surface area contributed by atoms with Crippen molar-refractivity contribution in [3.63, 3.8) is 0 Å². The van der Waals surface area contributed by atoms with Crippen molar-refractivity contribution in [1.29, 1.82) is 0 Å². The number of hydrogen-bond donors (Lipinski definition) is 1. The molecule has 1 fully saturated rings. The molecule has 0 amide bonds. The van der Waals surface area contributed by atoms with E-state index in [-0.39, 0.29) is 0 Å². The first-order chi connectivity index (χ1) is 9.76. The molecule has 20 heavy (non-hydrogen) atoms. The molecule has 0 atom stereocenters. The van der Waals surface area contributed by atoms with E-state index in [9.17, 15) is 0 Å². The first-order valence-corrected chi connectivity index (χ1v) is 8.21. The number of anilines is 1. The number of rotatable bonds is 6. The van der Waals surface area contributed by atoms with Crippen LogP contribution in [0, 0.1) is 5.92 Å². The fourth-order valence-electron chi connectivity index (χ4n) is 3.16. The lowest BCUT2D eigenvalue weighted by atomic mass is 9.92. The van der Waals surface area contributed by atoms with E-state index in [0.29, 0.717) is 6.54 Å². The Labute approximate surface area is 123 Å². The Morgan fingerprint density at radius 2 is 1.95 bits per heavy atom. The number of piperidine rings is 1. The highest BCUT2D eigenvalue weighted by Crippen LogP contribution is 2.26. The van der Waals surface area contributed by atoms with Crippen LogP contribution in [-0.2, 0) is 13.0 Å². The van der Waals surface area contributed by atoms with Gasteiger partial charge in [-0.25, -0.2) is 4.98 Å². The molecule has 3 nitrogen and oxygen atoms in total. The Kier molecular flexibility index (Phi) is 5.84. The maximum absolute atomic E-state index is 5.83. The van der Waals surface area contributed by atoms with Gasteiger partial charge in [0.25, 0.3) is 0 Å². The van der Waals surface area contributed by atoms with Crippen LogP contribution in [0.2, 0.25) is 0 Å². The topological polar surface area (TPSA) is 42.1 Å². The fourth-order valence-corrected chi connectivity index (χ4v) is 3.16. The van der Waals surface area contributed by atoms with Crippen molar-refractivity contribution < 1.29 is 0 Å². The molecule has 3 heteroatoms. The minimum atomic E-state index is 0.610. The third kappa shape index (κ3) is 3.95. The summed E-state index contributed by atoms with van der Waals surface area (Å²) in [6.45, 7) is 7.40. The molecule has 1 aromatic heterocycles. The zero-order valence-corrected chi connectivity index (χ0v) is 13.1. The Morgan fingerprint density at radius 3 is 2.55 bits per heavy atom. The van der Waals surface area contributed by atoms with E-state index in [2.05, 4.69) is 30.9 Å². The van der Waals surface area contributed by atoms with Gasteiger partial charge in [-0.2, -0.15) is 0 Å². The molecule has 0 unspecified atom stereocenters. The van der Waals surface area contributed by atoms with Gasteiger partial charge in [-0.05, 0) is 42.9 Å². The van der Waals surface area contributed by atoms with Crippen LogP contribution in [0.1, 0.15) is 57.2 Å². The zero-order valence-electron chi connectivity index (χ0n) is 13.1. The van der Waals surface area contributed by atoms with Crippen molar-refractivity contribution in [2.24, 2.45) is 11.7 Å². The summed E-state index contributed by atoms with van der Waals surface area (Å²) in [5, 5.41) is 0. The minimum Gasteiger partial charge on any atom is -0.357 e. The van der Waals surface area contributed by atoms with E-state index in [1.165, 1.54) is 36.9 Å². The number of aromatic nitrogens is 1. The molecular formula is C17H29N3. The lowest BCUT2D eigenvalue weighted by Crippen LogP contribution is -2.34. The predicted octanol–water partition coefficient (Wildman–Crippen LogP) is 3.51. The molecule has 0 radical (unpaired) electrons. The highest BCUT2D eigenvalue weighted by atomic mass is 15.2. The summed E-state index contributed by atoms with van der Waals surface area (Å²) in [7, 11) is 0. The van der Waals surface area contributed by atoms with Gasteiger partial charge in [-0.3, -0.25) is 0 Å². The molecule has 1 aliphatic rings. The van der Waals surface area contributed by atoms with Crippen molar-refractivity contribution in [2.75, 3.05) is 18.0 Å². The maximum Gasteiger partial charge on any atom is 0.129 e. The molecule has 2 N–H and O–H groups in total. The highest BCUT2D eigenvalue weighted by molar-refractivity contribution is 5.43. The number of hydrogen-bond acceptors (Lipinski definition) is 3. The van der Waals surface area contributed by atoms with Gasteiger partial charge < -0.3 is 10.6 Å². The molecule has 1 aromatic rings. The van der Waals surface area contributed by atoms with Crippen LogP contribution in [0.3, 0.4) is 0 Å². The first-order valence-electron chi connectivity index (χ1n) is 8.21. The quantitative estimate of drug-likeness (QED) is 0.864. The van der Waals surface area contributed by atoms with Crippen LogP contribution in [0.15, 0.2) is 12.1 Å². The van der Waals surface area contributed by atoms with Crippen molar-refractivity contribution in [3.8, 4) is 0 Å². The van der Waals surface area contributed by atoms with Gasteiger partial charge in [0, 0.05) is 25.3 Å². The first kappa shape index (κ1) is 15.3. The molecular weight excluding hydrogens is 246 g/mol. The van der Waals surface area contributed by atoms with Crippen LogP contribution in [0.5, 0.6) is 0 Å². The van der Waals surface area contributed by atoms with Gasteiger partial charge >= 0.3 is 0 Å². The van der Waals surface area contributed by atoms with Gasteiger partial charge in [0.1, 0.15) is 5.82 Å². The largest absolute Gasteiger partial charge is 0.357 e. The third-order valence-corrected chi connectivity index (χ3v) is 4.30. The van der Waals surface area contributed by atoms with E-state index in [0.717, 1.165) is 37.7 Å². The lowest BCUT2D eigenvalue weighted by Gasteiger charge is -2.33. The molecule has 0 spiro atoms. The molecule has 2 heterocycles. The average molecular weight is 275 g/mol. The number of nitrogens with two attached hydrogens (primary N) is 1. The molecule has 1 saturated heterocycles. The van der Waals surface area contributed by atoms with Gasteiger partial charge in [0.2, 0.25) is 0 Å². The van der Waals surface area contributed by atoms with Crippen molar-refractivity contribution in [3.05, 3.63) is 23.4 Å². The monoisotopic (exact) mass is 275 g/mol. The second-order valence-corrected chi connectivity index (χ2v) is 6.00. The fraction of sp³-hybridized carbons (Fsp3) is 0.706. The molecule has 1 aliphatic heterocycles. The normalized spacial score (nSPS) is 16.6. The summed E-state index contributed by atoms with van der Waals surface area (Å²) in [4.78, 5) is 7.29. The standard InChI is InChI=1S/C17H29N3/c1-3-5-14-7-9-20(10-8-14)17-12-15(13-18)11-16(19-17)6-4-2/h11-12,14H,3-10,13,18H2,1-2H3. The van der Waals surface area contributed by atoms with Crippen molar-refractivity contribution in [2.45, 2.75) is 58.9 Å². The predicted molar refractivity (Wildman–Crippen MR) is 86.0 cm³/mol. The van der Waals surface area contributed by atoms with Crippen LogP contribution < -0.4 is 10.6 Å². The molecule has 2 rings (SSSR count). The van der Waals surface area contributed by atoms with Gasteiger partial charge in [-0.1, -0.05) is 33.1 Å². The SMILES string of the molecule is CCCc1cc(CN)cc(N2CCC(CCC)CC2)n1. The molecule has 0 saturated carbocycles. The van der Waals surface area contributed by atoms with Crippen LogP contribution >= 0.6 is 0 Å². The molecule has 0 aliphatic carbocycles. The Morgan fingerprint density at radius 1 is 1.20 bits per heavy atom. The van der Waals surface area contributed by atoms with Crippen molar-refractivity contribution in [1.82, 2.24) is 4.98 Å². The summed E-state index contributed by atoms with van der Waals surface area (Å²) < 4.78 is 0. The summed E-state index contributed by atoms with van der Waals surface area (Å²) in [5.74, 6) is 2.07. The third-order valence-electron chi connectivity index (χ3n) is 4.30. The zero-order chi connectivity index (χ0) is 14.4. The number of aryl methyl sites for hydroxylation is 1. The second kappa shape index (κ2) is 7.63. The minimum absolute atomic E-state index is 0.610. The molecule has 0 aromatic carbocycles. The molecule has 112 valence electrons. The maximum atomic E-state index is 5.83. The summed E-state index contributed by atoms with van der Waals surface area (Å²) in [6, 6.07) is 4.34. The van der Waals surface area contributed by atoms with E-state index in [4.69, 9.17) is 10.7 Å². The number of nitrogens with zero attached hydrogens (tertiary/aromatic N) is 2. The van der Waals surface area contributed by atoms with E-state index in [1.807, 2.05) is 0 Å². The number of pyridine rings is 1. The van der Waals surface area contributed by atoms with Crippen LogP contribution in [0.4, 0.5) is 5.82 Å². The van der Waals surface area contributed by atoms with Gasteiger partial charge in [-0.15, -0.1) is 0 Å². The van der Waals surface area contributed by atoms with Crippen LogP contribution in [0.25, 0.3) is 0 Å². The Bertz CT molecular complexity index is 409. The van der Waals surface area contributed by atoms with Gasteiger partial charge in [0.15, 0.2) is 0 Å². The average Bonchev–Trinajstić information content (AvgIpc) is 2.48. The van der Waals surface area contributed by atoms with Crippen molar-refractivity contribution >= 4 is 5.82 Å². The Hall–Kier alpha value is -1.09. The smallest absolute Gasteiger partial charge is 0.129 e. The molecule has 0 bridgehead atoms. The van der Waals surface area contributed by atoms with E-state index >= 15 is 0 Å². The van der Waals surface area contributed by atoms with Gasteiger partial charge in [0.05, 0.1) is 0 Å². The highest BCUT2D eigenvalue weighted by Gasteiger charge is 2.20. The van der Waals surface area contributed by atoms with E-state index in [1.54, 1.807) is 0 Å². The van der Waals surface area contributed by atoms with Crippen LogP contribution in [-0.4, -0.2) is 18.1 Å². The summed E-state index contributed by atoms with van der Waals surface area (Å²) in [6.07, 6.45) is 7.50. The van der Waals surface area contributed by atoms with E-state index < -0.39 is 0 Å². The summed E-state index contributed by atoms with van der Waals surface area (Å²) >= 11 is 0. The second-order valence-electron chi connectivity index (χ2n) is 6.00. The summed E-state index contributed by atoms with van der Waals surface area (Å²) in [5.41, 5.74) is 8.24. The Balaban J connectivity index is 2.06. The lowest BCUT2D eigenvalue weighted by molar-refractivity contribution is 0.377.